The number of carbonyl (C=O) groups is 2. The molecule has 0 aromatic heterocycles. The molecule has 3 rings (SSSR count). The van der Waals surface area contributed by atoms with Crippen LogP contribution in [0.25, 0.3) is 24.3 Å². The summed E-state index contributed by atoms with van der Waals surface area (Å²) in [4.78, 5) is 22.4. The second-order valence-electron chi connectivity index (χ2n) is 11.2. The second kappa shape index (κ2) is 21.7. The molecule has 260 valence electrons. The first-order valence-corrected chi connectivity index (χ1v) is 16.7. The number of hydrogen-bond acceptors (Lipinski definition) is 8. The molecule has 0 aliphatic carbocycles. The number of esters is 2. The van der Waals surface area contributed by atoms with Crippen LogP contribution < -0.4 is 14.2 Å². The van der Waals surface area contributed by atoms with Gasteiger partial charge in [-0.05, 0) is 71.0 Å². The zero-order chi connectivity index (χ0) is 35.3. The molecule has 8 nitrogen and oxygen atoms in total. The highest BCUT2D eigenvalue weighted by molar-refractivity contribution is 5.81. The largest absolute Gasteiger partial charge is 0.493 e. The molecule has 49 heavy (non-hydrogen) atoms. The van der Waals surface area contributed by atoms with Crippen molar-refractivity contribution in [2.45, 2.75) is 46.1 Å². The van der Waals surface area contributed by atoms with Gasteiger partial charge in [0.2, 0.25) is 0 Å². The Kier molecular flexibility index (Phi) is 17.0. The molecule has 0 fully saturated rings. The third-order valence-electron chi connectivity index (χ3n) is 7.66. The Hall–Kier alpha value is -5.08. The van der Waals surface area contributed by atoms with E-state index in [1.165, 1.54) is 6.42 Å². The van der Waals surface area contributed by atoms with Gasteiger partial charge in [0.05, 0.1) is 13.2 Å². The lowest BCUT2D eigenvalue weighted by atomic mass is 9.99. The fraction of sp³-hybridized carbons (Fsp3) is 0.317. The van der Waals surface area contributed by atoms with Crippen molar-refractivity contribution in [1.82, 2.24) is 0 Å². The highest BCUT2D eigenvalue weighted by Gasteiger charge is 2.12. The van der Waals surface area contributed by atoms with E-state index in [-0.39, 0.29) is 33.0 Å². The average Bonchev–Trinajstić information content (AvgIpc) is 3.14. The zero-order valence-electron chi connectivity index (χ0n) is 28.6. The molecule has 0 heterocycles. The van der Waals surface area contributed by atoms with Gasteiger partial charge in [-0.3, -0.25) is 0 Å². The summed E-state index contributed by atoms with van der Waals surface area (Å²) >= 11 is 0. The van der Waals surface area contributed by atoms with Crippen molar-refractivity contribution in [3.8, 4) is 17.2 Å². The highest BCUT2D eigenvalue weighted by Crippen LogP contribution is 2.29. The summed E-state index contributed by atoms with van der Waals surface area (Å²) in [5.41, 5.74) is 4.43. The van der Waals surface area contributed by atoms with E-state index in [0.717, 1.165) is 65.0 Å². The van der Waals surface area contributed by atoms with Gasteiger partial charge in [0.1, 0.15) is 43.7 Å². The summed E-state index contributed by atoms with van der Waals surface area (Å²) in [5, 5.41) is 10.3. The first-order valence-electron chi connectivity index (χ1n) is 16.7. The number of unbranched alkanes of at least 4 members (excludes halogenated alkanes) is 1. The lowest BCUT2D eigenvalue weighted by Crippen LogP contribution is -2.12. The highest BCUT2D eigenvalue weighted by atomic mass is 16.6. The van der Waals surface area contributed by atoms with Crippen LogP contribution in [-0.2, 0) is 25.7 Å². The SMILES string of the molecule is C=CC(=O)OCCOc1ccc(/C=C/c2cc(OCC(CC)CCCC)c(/C=C/c3ccc(OCCOC(=O)C=C)cc3)cc2CO)cc1. The minimum Gasteiger partial charge on any atom is -0.493 e. The maximum Gasteiger partial charge on any atom is 0.330 e. The first-order chi connectivity index (χ1) is 23.9. The second-order valence-corrected chi connectivity index (χ2v) is 11.2. The van der Waals surface area contributed by atoms with E-state index in [9.17, 15) is 14.7 Å². The summed E-state index contributed by atoms with van der Waals surface area (Å²) in [7, 11) is 0. The number of aliphatic hydroxyl groups excluding tert-OH is 1. The molecule has 3 aromatic carbocycles. The van der Waals surface area contributed by atoms with E-state index < -0.39 is 11.9 Å². The van der Waals surface area contributed by atoms with Crippen LogP contribution >= 0.6 is 0 Å². The molecule has 0 aliphatic heterocycles. The molecule has 0 saturated carbocycles. The lowest BCUT2D eigenvalue weighted by Gasteiger charge is -2.18. The van der Waals surface area contributed by atoms with E-state index in [1.807, 2.05) is 85.0 Å². The summed E-state index contributed by atoms with van der Waals surface area (Å²) in [5.74, 6) is 1.57. The molecule has 0 radical (unpaired) electrons. The number of benzene rings is 3. The molecule has 0 amide bonds. The van der Waals surface area contributed by atoms with Gasteiger partial charge in [-0.2, -0.15) is 0 Å². The molecule has 0 saturated heterocycles. The molecular formula is C41H48O8. The summed E-state index contributed by atoms with van der Waals surface area (Å²) in [6.07, 6.45) is 14.7. The Bertz CT molecular complexity index is 1540. The Balaban J connectivity index is 1.76. The fourth-order valence-electron chi connectivity index (χ4n) is 4.76. The van der Waals surface area contributed by atoms with Crippen molar-refractivity contribution in [2.24, 2.45) is 5.92 Å². The van der Waals surface area contributed by atoms with E-state index in [0.29, 0.717) is 24.0 Å². The van der Waals surface area contributed by atoms with Crippen molar-refractivity contribution in [2.75, 3.05) is 33.0 Å². The van der Waals surface area contributed by atoms with Crippen LogP contribution in [0.5, 0.6) is 17.2 Å². The van der Waals surface area contributed by atoms with Crippen molar-refractivity contribution < 1.29 is 38.4 Å². The van der Waals surface area contributed by atoms with Gasteiger partial charge in [0.25, 0.3) is 0 Å². The van der Waals surface area contributed by atoms with Gasteiger partial charge < -0.3 is 28.8 Å². The van der Waals surface area contributed by atoms with Crippen LogP contribution in [0.2, 0.25) is 0 Å². The van der Waals surface area contributed by atoms with Crippen molar-refractivity contribution >= 4 is 36.2 Å². The quantitative estimate of drug-likeness (QED) is 0.0494. The van der Waals surface area contributed by atoms with Crippen molar-refractivity contribution in [3.63, 3.8) is 0 Å². The van der Waals surface area contributed by atoms with Crippen LogP contribution in [0.4, 0.5) is 0 Å². The number of carbonyl (C=O) groups excluding carboxylic acids is 2. The van der Waals surface area contributed by atoms with Crippen LogP contribution in [-0.4, -0.2) is 50.1 Å². The average molecular weight is 669 g/mol. The topological polar surface area (TPSA) is 101 Å². The maximum atomic E-state index is 11.2. The van der Waals surface area contributed by atoms with E-state index >= 15 is 0 Å². The molecule has 1 atom stereocenters. The molecule has 1 unspecified atom stereocenters. The number of rotatable bonds is 22. The Morgan fingerprint density at radius 3 is 1.71 bits per heavy atom. The zero-order valence-corrected chi connectivity index (χ0v) is 28.6. The standard InChI is InChI=1S/C41H48O8/c1-5-9-10-31(6-2)30-49-39-28-34(17-11-32-13-19-37(20-14-32)45-23-25-47-40(43)7-3)36(29-42)27-35(39)18-12-33-15-21-38(22-16-33)46-24-26-48-41(44)8-4/h7-8,11-22,27-28,31,42H,3-6,9-10,23-26,29-30H2,1-2H3/b17-11+,18-12+. The molecular weight excluding hydrogens is 620 g/mol. The van der Waals surface area contributed by atoms with Gasteiger partial charge in [0.15, 0.2) is 0 Å². The molecule has 3 aromatic rings. The van der Waals surface area contributed by atoms with Gasteiger partial charge >= 0.3 is 11.9 Å². The summed E-state index contributed by atoms with van der Waals surface area (Å²) in [6, 6.07) is 19.1. The fourth-order valence-corrected chi connectivity index (χ4v) is 4.76. The van der Waals surface area contributed by atoms with Crippen molar-refractivity contribution in [3.05, 3.63) is 114 Å². The normalized spacial score (nSPS) is 11.7. The molecule has 8 heteroatoms. The smallest absolute Gasteiger partial charge is 0.330 e. The third kappa shape index (κ3) is 13.9. The lowest BCUT2D eigenvalue weighted by molar-refractivity contribution is -0.139. The van der Waals surface area contributed by atoms with E-state index in [1.54, 1.807) is 0 Å². The predicted octanol–water partition coefficient (Wildman–Crippen LogP) is 8.33. The monoisotopic (exact) mass is 668 g/mol. The Labute approximate surface area is 290 Å². The van der Waals surface area contributed by atoms with Crippen LogP contribution in [0, 0.1) is 5.92 Å². The van der Waals surface area contributed by atoms with Gasteiger partial charge in [0, 0.05) is 17.7 Å². The van der Waals surface area contributed by atoms with E-state index in [2.05, 4.69) is 27.0 Å². The Morgan fingerprint density at radius 1 is 0.714 bits per heavy atom. The molecule has 0 aliphatic rings. The summed E-state index contributed by atoms with van der Waals surface area (Å²) in [6.45, 7) is 12.4. The van der Waals surface area contributed by atoms with Crippen LogP contribution in [0.15, 0.2) is 86.0 Å². The minimum atomic E-state index is -0.481. The van der Waals surface area contributed by atoms with Crippen molar-refractivity contribution in [1.29, 1.82) is 0 Å². The maximum absolute atomic E-state index is 11.2. The molecule has 0 spiro atoms. The van der Waals surface area contributed by atoms with E-state index in [4.69, 9.17) is 23.7 Å². The first kappa shape index (κ1) is 38.4. The third-order valence-corrected chi connectivity index (χ3v) is 7.66. The van der Waals surface area contributed by atoms with Gasteiger partial charge in [-0.15, -0.1) is 0 Å². The Morgan fingerprint density at radius 2 is 1.24 bits per heavy atom. The number of ether oxygens (including phenoxy) is 5. The summed E-state index contributed by atoms with van der Waals surface area (Å²) < 4.78 is 27.6. The number of hydrogen-bond donors (Lipinski definition) is 1. The molecule has 1 N–H and O–H groups in total. The van der Waals surface area contributed by atoms with Crippen LogP contribution in [0.1, 0.15) is 67.3 Å². The molecule has 0 bridgehead atoms. The van der Waals surface area contributed by atoms with Gasteiger partial charge in [-0.25, -0.2) is 9.59 Å². The minimum absolute atomic E-state index is 0.133. The van der Waals surface area contributed by atoms with Gasteiger partial charge in [-0.1, -0.05) is 94.8 Å². The van der Waals surface area contributed by atoms with Crippen LogP contribution in [0.3, 0.4) is 0 Å². The predicted molar refractivity (Wildman–Crippen MR) is 195 cm³/mol. The number of aliphatic hydroxyl groups is 1.